The molecule has 1 aliphatic carbocycles. The molecule has 0 aromatic carbocycles. The van der Waals surface area contributed by atoms with E-state index in [0.717, 1.165) is 16.1 Å². The van der Waals surface area contributed by atoms with E-state index in [-0.39, 0.29) is 0 Å². The smallest absolute Gasteiger partial charge is 0.132 e. The van der Waals surface area contributed by atoms with E-state index in [1.165, 1.54) is 36.9 Å². The number of fused-ring (bicyclic) bond motifs is 1. The summed E-state index contributed by atoms with van der Waals surface area (Å²) >= 11 is 5.58. The van der Waals surface area contributed by atoms with E-state index in [2.05, 4.69) is 25.7 Å². The molecule has 2 heterocycles. The van der Waals surface area contributed by atoms with Crippen molar-refractivity contribution in [1.29, 1.82) is 0 Å². The third kappa shape index (κ3) is 1.34. The van der Waals surface area contributed by atoms with E-state index in [0.29, 0.717) is 6.04 Å². The second-order valence-corrected chi connectivity index (χ2v) is 5.83. The Morgan fingerprint density at radius 2 is 2.07 bits per heavy atom. The summed E-state index contributed by atoms with van der Waals surface area (Å²) < 4.78 is 3.39. The fourth-order valence-corrected chi connectivity index (χ4v) is 4.30. The molecule has 2 nitrogen and oxygen atoms in total. The first kappa shape index (κ1) is 9.28. The van der Waals surface area contributed by atoms with Crippen molar-refractivity contribution >= 4 is 27.7 Å². The first-order valence-corrected chi connectivity index (χ1v) is 7.14. The van der Waals surface area contributed by atoms with Gasteiger partial charge in [-0.1, -0.05) is 12.8 Å². The molecule has 3 rings (SSSR count). The molecule has 0 bridgehead atoms. The second-order valence-electron chi connectivity index (χ2n) is 4.09. The number of thioether (sulfide) groups is 1. The molecule has 1 saturated carbocycles. The quantitative estimate of drug-likeness (QED) is 0.779. The number of aromatic nitrogens is 2. The SMILES string of the molecule is Brc1nn(C2CCCC2)c2c1CSC2. The highest BCUT2D eigenvalue weighted by Gasteiger charge is 2.27. The lowest BCUT2D eigenvalue weighted by molar-refractivity contribution is 0.454. The summed E-state index contributed by atoms with van der Waals surface area (Å²) in [6.07, 6.45) is 5.41. The molecule has 0 N–H and O–H groups in total. The van der Waals surface area contributed by atoms with Gasteiger partial charge >= 0.3 is 0 Å². The predicted molar refractivity (Wildman–Crippen MR) is 62.4 cm³/mol. The van der Waals surface area contributed by atoms with Crippen LogP contribution in [0.3, 0.4) is 0 Å². The standard InChI is InChI=1S/C10H13BrN2S/c11-10-8-5-14-6-9(8)13(12-10)7-3-1-2-4-7/h7H,1-6H2. The summed E-state index contributed by atoms with van der Waals surface area (Å²) in [5.41, 5.74) is 2.93. The molecule has 0 amide bonds. The van der Waals surface area contributed by atoms with Gasteiger partial charge in [-0.25, -0.2) is 0 Å². The van der Waals surface area contributed by atoms with Crippen LogP contribution >= 0.6 is 27.7 Å². The minimum atomic E-state index is 0.689. The summed E-state index contributed by atoms with van der Waals surface area (Å²) in [5.74, 6) is 2.30. The maximum atomic E-state index is 4.63. The van der Waals surface area contributed by atoms with Crippen LogP contribution in [0.25, 0.3) is 0 Å². The minimum absolute atomic E-state index is 0.689. The highest BCUT2D eigenvalue weighted by molar-refractivity contribution is 9.10. The molecular weight excluding hydrogens is 260 g/mol. The van der Waals surface area contributed by atoms with Gasteiger partial charge in [0.1, 0.15) is 4.60 Å². The fraction of sp³-hybridized carbons (Fsp3) is 0.700. The van der Waals surface area contributed by atoms with E-state index in [9.17, 15) is 0 Å². The second kappa shape index (κ2) is 3.56. The molecule has 0 unspecified atom stereocenters. The van der Waals surface area contributed by atoms with E-state index in [1.807, 2.05) is 11.8 Å². The summed E-state index contributed by atoms with van der Waals surface area (Å²) in [4.78, 5) is 0. The summed E-state index contributed by atoms with van der Waals surface area (Å²) in [5, 5.41) is 4.63. The molecule has 1 aliphatic heterocycles. The zero-order valence-electron chi connectivity index (χ0n) is 8.00. The van der Waals surface area contributed by atoms with Crippen LogP contribution in [-0.2, 0) is 11.5 Å². The van der Waals surface area contributed by atoms with Crippen molar-refractivity contribution in [2.45, 2.75) is 43.2 Å². The maximum absolute atomic E-state index is 4.63. The van der Waals surface area contributed by atoms with Gasteiger partial charge in [0, 0.05) is 17.1 Å². The van der Waals surface area contributed by atoms with Crippen LogP contribution in [0.4, 0.5) is 0 Å². The molecule has 0 atom stereocenters. The third-order valence-corrected chi connectivity index (χ3v) is 4.83. The van der Waals surface area contributed by atoms with Crippen molar-refractivity contribution in [3.63, 3.8) is 0 Å². The van der Waals surface area contributed by atoms with E-state index >= 15 is 0 Å². The first-order chi connectivity index (χ1) is 6.86. The largest absolute Gasteiger partial charge is 0.264 e. The molecule has 2 aliphatic rings. The third-order valence-electron chi connectivity index (χ3n) is 3.23. The number of hydrogen-bond acceptors (Lipinski definition) is 2. The van der Waals surface area contributed by atoms with Crippen LogP contribution in [0, 0.1) is 0 Å². The van der Waals surface area contributed by atoms with E-state index in [4.69, 9.17) is 0 Å². The van der Waals surface area contributed by atoms with Crippen molar-refractivity contribution in [1.82, 2.24) is 9.78 Å². The van der Waals surface area contributed by atoms with Gasteiger partial charge in [-0.15, -0.1) is 0 Å². The van der Waals surface area contributed by atoms with Crippen molar-refractivity contribution in [3.05, 3.63) is 15.9 Å². The lowest BCUT2D eigenvalue weighted by Crippen LogP contribution is -2.09. The van der Waals surface area contributed by atoms with Crippen LogP contribution in [0.2, 0.25) is 0 Å². The fourth-order valence-electron chi connectivity index (χ4n) is 2.47. The van der Waals surface area contributed by atoms with Gasteiger partial charge in [0.25, 0.3) is 0 Å². The Morgan fingerprint density at radius 3 is 2.86 bits per heavy atom. The Kier molecular flexibility index (Phi) is 2.36. The van der Waals surface area contributed by atoms with Gasteiger partial charge < -0.3 is 0 Å². The summed E-state index contributed by atoms with van der Waals surface area (Å²) in [6, 6.07) is 0.689. The monoisotopic (exact) mass is 272 g/mol. The zero-order chi connectivity index (χ0) is 9.54. The van der Waals surface area contributed by atoms with Crippen LogP contribution in [0.1, 0.15) is 43.0 Å². The van der Waals surface area contributed by atoms with Gasteiger partial charge in [-0.05, 0) is 28.8 Å². The van der Waals surface area contributed by atoms with Crippen LogP contribution in [0.15, 0.2) is 4.60 Å². The lowest BCUT2D eigenvalue weighted by atomic mass is 10.2. The van der Waals surface area contributed by atoms with Gasteiger partial charge in [0.2, 0.25) is 0 Å². The Morgan fingerprint density at radius 1 is 1.29 bits per heavy atom. The Balaban J connectivity index is 2.01. The van der Waals surface area contributed by atoms with Crippen LogP contribution in [-0.4, -0.2) is 9.78 Å². The lowest BCUT2D eigenvalue weighted by Gasteiger charge is -2.12. The van der Waals surface area contributed by atoms with Crippen LogP contribution < -0.4 is 0 Å². The number of rotatable bonds is 1. The number of hydrogen-bond donors (Lipinski definition) is 0. The summed E-state index contributed by atoms with van der Waals surface area (Å²) in [6.45, 7) is 0. The topological polar surface area (TPSA) is 17.8 Å². The van der Waals surface area contributed by atoms with Crippen molar-refractivity contribution in [3.8, 4) is 0 Å². The highest BCUT2D eigenvalue weighted by atomic mass is 79.9. The van der Waals surface area contributed by atoms with Crippen molar-refractivity contribution in [2.24, 2.45) is 0 Å². The van der Waals surface area contributed by atoms with Crippen molar-refractivity contribution < 1.29 is 0 Å². The van der Waals surface area contributed by atoms with E-state index < -0.39 is 0 Å². The Hall–Kier alpha value is 0.0400. The molecular formula is C10H13BrN2S. The average Bonchev–Trinajstić information content (AvgIpc) is 2.84. The zero-order valence-corrected chi connectivity index (χ0v) is 10.4. The highest BCUT2D eigenvalue weighted by Crippen LogP contribution is 2.39. The van der Waals surface area contributed by atoms with Gasteiger partial charge in [0.05, 0.1) is 11.7 Å². The molecule has 0 spiro atoms. The maximum Gasteiger partial charge on any atom is 0.132 e. The minimum Gasteiger partial charge on any atom is -0.264 e. The summed E-state index contributed by atoms with van der Waals surface area (Å²) in [7, 11) is 0. The van der Waals surface area contributed by atoms with Gasteiger partial charge in [-0.3, -0.25) is 4.68 Å². The molecule has 1 fully saturated rings. The molecule has 0 saturated heterocycles. The van der Waals surface area contributed by atoms with Crippen molar-refractivity contribution in [2.75, 3.05) is 0 Å². The molecule has 4 heteroatoms. The molecule has 1 aromatic rings. The molecule has 14 heavy (non-hydrogen) atoms. The van der Waals surface area contributed by atoms with Gasteiger partial charge in [0.15, 0.2) is 0 Å². The molecule has 1 aromatic heterocycles. The van der Waals surface area contributed by atoms with E-state index in [1.54, 1.807) is 0 Å². The van der Waals surface area contributed by atoms with Gasteiger partial charge in [-0.2, -0.15) is 16.9 Å². The number of nitrogens with zero attached hydrogens (tertiary/aromatic N) is 2. The Labute approximate surface area is 96.6 Å². The normalized spacial score (nSPS) is 21.8. The number of halogens is 1. The first-order valence-electron chi connectivity index (χ1n) is 5.20. The molecule has 0 radical (unpaired) electrons. The average molecular weight is 273 g/mol. The van der Waals surface area contributed by atoms with Crippen LogP contribution in [0.5, 0.6) is 0 Å². The Bertz CT molecular complexity index is 355. The molecule has 76 valence electrons. The predicted octanol–water partition coefficient (Wildman–Crippen LogP) is 3.51.